The number of hydrogen-bond acceptors (Lipinski definition) is 4. The van der Waals surface area contributed by atoms with Gasteiger partial charge in [-0.2, -0.15) is 0 Å². The summed E-state index contributed by atoms with van der Waals surface area (Å²) in [4.78, 5) is 12.0. The molecule has 0 unspecified atom stereocenters. The molecule has 0 N–H and O–H groups in total. The molecule has 0 aliphatic heterocycles. The van der Waals surface area contributed by atoms with Gasteiger partial charge in [-0.1, -0.05) is 25.0 Å². The van der Waals surface area contributed by atoms with Crippen LogP contribution in [-0.2, 0) is 9.53 Å². The molecule has 1 aliphatic carbocycles. The topological polar surface area (TPSA) is 44.8 Å². The summed E-state index contributed by atoms with van der Waals surface area (Å²) in [5.74, 6) is 1.53. The van der Waals surface area contributed by atoms with Crippen LogP contribution in [0.4, 0.5) is 0 Å². The molecule has 0 atom stereocenters. The van der Waals surface area contributed by atoms with Crippen molar-refractivity contribution < 1.29 is 19.0 Å². The van der Waals surface area contributed by atoms with Gasteiger partial charge in [-0.05, 0) is 51.7 Å². The fourth-order valence-corrected chi connectivity index (χ4v) is 2.66. The van der Waals surface area contributed by atoms with Crippen LogP contribution in [0.3, 0.4) is 0 Å². The highest BCUT2D eigenvalue weighted by Gasteiger charge is 2.32. The third kappa shape index (κ3) is 4.39. The smallest absolute Gasteiger partial charge is 0.349 e. The van der Waals surface area contributed by atoms with Crippen molar-refractivity contribution >= 4 is 5.97 Å². The summed E-state index contributed by atoms with van der Waals surface area (Å²) >= 11 is 0. The van der Waals surface area contributed by atoms with E-state index in [-0.39, 0.29) is 5.97 Å². The van der Waals surface area contributed by atoms with E-state index in [0.717, 1.165) is 0 Å². The van der Waals surface area contributed by atoms with E-state index in [1.807, 2.05) is 24.3 Å². The second kappa shape index (κ2) is 7.52. The molecule has 0 aromatic heterocycles. The third-order valence-electron chi connectivity index (χ3n) is 3.93. The number of carbonyl (C=O) groups is 1. The molecule has 2 rings (SSSR count). The summed E-state index contributed by atoms with van der Waals surface area (Å²) in [6, 6.07) is 7.49. The number of rotatable bonds is 7. The molecular formula is C18H26O4. The Morgan fingerprint density at radius 3 is 2.45 bits per heavy atom. The molecule has 122 valence electrons. The predicted octanol–water partition coefficient (Wildman–Crippen LogP) is 3.98. The highest BCUT2D eigenvalue weighted by molar-refractivity contribution is 5.79. The molecule has 0 amide bonds. The molecule has 4 nitrogen and oxygen atoms in total. The van der Waals surface area contributed by atoms with Gasteiger partial charge in [0.15, 0.2) is 17.1 Å². The first-order valence-electron chi connectivity index (χ1n) is 8.11. The van der Waals surface area contributed by atoms with Gasteiger partial charge < -0.3 is 14.2 Å². The van der Waals surface area contributed by atoms with Gasteiger partial charge in [0.2, 0.25) is 0 Å². The van der Waals surface area contributed by atoms with E-state index in [1.165, 1.54) is 25.7 Å². The molecular weight excluding hydrogens is 280 g/mol. The van der Waals surface area contributed by atoms with Crippen LogP contribution in [0, 0.1) is 5.92 Å². The molecule has 1 fully saturated rings. The molecule has 4 heteroatoms. The van der Waals surface area contributed by atoms with Crippen LogP contribution < -0.4 is 9.47 Å². The van der Waals surface area contributed by atoms with Gasteiger partial charge in [0.05, 0.1) is 13.2 Å². The maximum atomic E-state index is 12.0. The number of esters is 1. The Morgan fingerprint density at radius 2 is 1.82 bits per heavy atom. The Bertz CT molecular complexity index is 490. The van der Waals surface area contributed by atoms with Crippen molar-refractivity contribution in [2.75, 3.05) is 13.2 Å². The maximum absolute atomic E-state index is 12.0. The summed E-state index contributed by atoms with van der Waals surface area (Å²) in [7, 11) is 0. The van der Waals surface area contributed by atoms with E-state index >= 15 is 0 Å². The average molecular weight is 306 g/mol. The molecule has 1 aromatic rings. The molecule has 0 heterocycles. The van der Waals surface area contributed by atoms with Crippen LogP contribution in [0.2, 0.25) is 0 Å². The van der Waals surface area contributed by atoms with Crippen LogP contribution in [0.15, 0.2) is 24.3 Å². The van der Waals surface area contributed by atoms with E-state index in [4.69, 9.17) is 14.2 Å². The second-order valence-corrected chi connectivity index (χ2v) is 6.24. The molecule has 1 aliphatic rings. The van der Waals surface area contributed by atoms with Crippen molar-refractivity contribution in [2.45, 2.75) is 52.1 Å². The Kier molecular flexibility index (Phi) is 5.69. The van der Waals surface area contributed by atoms with Gasteiger partial charge in [-0.25, -0.2) is 4.79 Å². The Balaban J connectivity index is 2.02. The first-order valence-corrected chi connectivity index (χ1v) is 8.11. The van der Waals surface area contributed by atoms with Crippen LogP contribution in [0.25, 0.3) is 0 Å². The van der Waals surface area contributed by atoms with Crippen LogP contribution in [-0.4, -0.2) is 24.8 Å². The minimum atomic E-state index is -1.04. The fraction of sp³-hybridized carbons (Fsp3) is 0.611. The molecule has 0 saturated heterocycles. The average Bonchev–Trinajstić information content (AvgIpc) is 2.99. The number of hydrogen-bond donors (Lipinski definition) is 0. The van der Waals surface area contributed by atoms with Crippen molar-refractivity contribution in [1.29, 1.82) is 0 Å². The van der Waals surface area contributed by atoms with E-state index in [9.17, 15) is 4.79 Å². The van der Waals surface area contributed by atoms with Gasteiger partial charge in [-0.15, -0.1) is 0 Å². The normalized spacial score (nSPS) is 15.6. The zero-order chi connectivity index (χ0) is 16.0. The van der Waals surface area contributed by atoms with Crippen molar-refractivity contribution in [2.24, 2.45) is 5.92 Å². The molecule has 0 bridgehead atoms. The minimum Gasteiger partial charge on any atom is -0.489 e. The number of benzene rings is 1. The first-order chi connectivity index (χ1) is 10.5. The molecule has 0 spiro atoms. The van der Waals surface area contributed by atoms with Crippen LogP contribution in [0.1, 0.15) is 46.5 Å². The van der Waals surface area contributed by atoms with Gasteiger partial charge in [0.25, 0.3) is 0 Å². The first kappa shape index (κ1) is 16.7. The zero-order valence-corrected chi connectivity index (χ0v) is 13.8. The van der Waals surface area contributed by atoms with Crippen molar-refractivity contribution in [3.8, 4) is 11.5 Å². The number of para-hydroxylation sites is 2. The number of ether oxygens (including phenoxy) is 3. The van der Waals surface area contributed by atoms with E-state index in [2.05, 4.69) is 0 Å². The van der Waals surface area contributed by atoms with E-state index in [0.29, 0.717) is 30.6 Å². The van der Waals surface area contributed by atoms with Gasteiger partial charge in [0.1, 0.15) is 0 Å². The van der Waals surface area contributed by atoms with Crippen LogP contribution in [0.5, 0.6) is 11.5 Å². The van der Waals surface area contributed by atoms with Crippen molar-refractivity contribution in [3.63, 3.8) is 0 Å². The Morgan fingerprint density at radius 1 is 1.18 bits per heavy atom. The van der Waals surface area contributed by atoms with E-state index in [1.54, 1.807) is 20.8 Å². The van der Waals surface area contributed by atoms with E-state index < -0.39 is 5.60 Å². The summed E-state index contributed by atoms with van der Waals surface area (Å²) in [6.07, 6.45) is 5.05. The van der Waals surface area contributed by atoms with Gasteiger partial charge >= 0.3 is 5.97 Å². The highest BCUT2D eigenvalue weighted by Crippen LogP contribution is 2.32. The summed E-state index contributed by atoms with van der Waals surface area (Å²) < 4.78 is 16.8. The summed E-state index contributed by atoms with van der Waals surface area (Å²) in [5.41, 5.74) is -1.04. The quantitative estimate of drug-likeness (QED) is 0.715. The SMILES string of the molecule is CCOC(=O)C(C)(C)Oc1ccccc1OCC1CCCC1. The lowest BCUT2D eigenvalue weighted by atomic mass is 10.1. The van der Waals surface area contributed by atoms with Crippen molar-refractivity contribution in [3.05, 3.63) is 24.3 Å². The summed E-state index contributed by atoms with van der Waals surface area (Å²) in [5, 5.41) is 0. The fourth-order valence-electron chi connectivity index (χ4n) is 2.66. The standard InChI is InChI=1S/C18H26O4/c1-4-20-17(19)18(2,3)22-16-12-8-7-11-15(16)21-13-14-9-5-6-10-14/h7-8,11-12,14H,4-6,9-10,13H2,1-3H3. The number of carbonyl (C=O) groups excluding carboxylic acids is 1. The molecule has 1 aromatic carbocycles. The lowest BCUT2D eigenvalue weighted by molar-refractivity contribution is -0.158. The third-order valence-corrected chi connectivity index (χ3v) is 3.93. The Hall–Kier alpha value is -1.71. The predicted molar refractivity (Wildman–Crippen MR) is 85.2 cm³/mol. The zero-order valence-electron chi connectivity index (χ0n) is 13.8. The lowest BCUT2D eigenvalue weighted by Gasteiger charge is -2.25. The maximum Gasteiger partial charge on any atom is 0.349 e. The highest BCUT2D eigenvalue weighted by atomic mass is 16.6. The lowest BCUT2D eigenvalue weighted by Crippen LogP contribution is -2.39. The minimum absolute atomic E-state index is 0.339. The monoisotopic (exact) mass is 306 g/mol. The molecule has 22 heavy (non-hydrogen) atoms. The second-order valence-electron chi connectivity index (χ2n) is 6.24. The van der Waals surface area contributed by atoms with Crippen LogP contribution >= 0.6 is 0 Å². The molecule has 0 radical (unpaired) electrons. The van der Waals surface area contributed by atoms with Gasteiger partial charge in [-0.3, -0.25) is 0 Å². The summed E-state index contributed by atoms with van der Waals surface area (Å²) in [6.45, 7) is 6.25. The largest absolute Gasteiger partial charge is 0.489 e. The Labute approximate surface area is 132 Å². The van der Waals surface area contributed by atoms with Gasteiger partial charge in [0, 0.05) is 0 Å². The van der Waals surface area contributed by atoms with Crippen molar-refractivity contribution in [1.82, 2.24) is 0 Å². The molecule has 1 saturated carbocycles.